The predicted octanol–water partition coefficient (Wildman–Crippen LogP) is 2.30. The van der Waals surface area contributed by atoms with Gasteiger partial charge in [-0.25, -0.2) is 4.79 Å². The van der Waals surface area contributed by atoms with Gasteiger partial charge in [0.05, 0.1) is 18.7 Å². The molecule has 3 nitrogen and oxygen atoms in total. The van der Waals surface area contributed by atoms with Crippen LogP contribution in [0.1, 0.15) is 15.9 Å². The molecule has 0 aliphatic heterocycles. The number of hydrogen-bond donors (Lipinski definition) is 0. The molecule has 0 saturated carbocycles. The molecular weight excluding hydrogens is 258 g/mol. The molecule has 0 unspecified atom stereocenters. The summed E-state index contributed by atoms with van der Waals surface area (Å²) in [6, 6.07) is 9.17. The summed E-state index contributed by atoms with van der Waals surface area (Å²) in [6.07, 6.45) is 0.488. The summed E-state index contributed by atoms with van der Waals surface area (Å²) < 4.78 is 4.65. The van der Waals surface area contributed by atoms with Crippen LogP contribution in [0.5, 0.6) is 0 Å². The number of ether oxygens (including phenoxy) is 1. The third-order valence-electron chi connectivity index (χ3n) is 1.96. The molecule has 78 valence electrons. The van der Waals surface area contributed by atoms with Crippen LogP contribution in [0, 0.1) is 11.3 Å². The third-order valence-corrected chi connectivity index (χ3v) is 2.49. The zero-order valence-corrected chi connectivity index (χ0v) is 9.82. The van der Waals surface area contributed by atoms with Gasteiger partial charge in [-0.15, -0.1) is 0 Å². The molecular formula is C11H10BrNO2. The Morgan fingerprint density at radius 1 is 1.60 bits per heavy atom. The minimum absolute atomic E-state index is 0.289. The van der Waals surface area contributed by atoms with E-state index in [1.54, 1.807) is 12.1 Å². The first-order chi connectivity index (χ1) is 7.19. The van der Waals surface area contributed by atoms with Crippen LogP contribution in [0.15, 0.2) is 24.3 Å². The zero-order valence-electron chi connectivity index (χ0n) is 8.24. The van der Waals surface area contributed by atoms with Gasteiger partial charge < -0.3 is 4.74 Å². The highest BCUT2D eigenvalue weighted by atomic mass is 79.9. The first-order valence-corrected chi connectivity index (χ1v) is 5.30. The van der Waals surface area contributed by atoms with Crippen molar-refractivity contribution in [3.63, 3.8) is 0 Å². The number of alkyl halides is 1. The molecule has 1 rings (SSSR count). The number of nitrogens with zero attached hydrogens (tertiary/aromatic N) is 1. The van der Waals surface area contributed by atoms with Gasteiger partial charge in [0.25, 0.3) is 0 Å². The Kier molecular flexibility index (Phi) is 4.32. The molecule has 1 atom stereocenters. The van der Waals surface area contributed by atoms with Crippen LogP contribution < -0.4 is 0 Å². The van der Waals surface area contributed by atoms with Crippen molar-refractivity contribution in [1.82, 2.24) is 0 Å². The maximum absolute atomic E-state index is 11.4. The molecule has 0 saturated heterocycles. The smallest absolute Gasteiger partial charge is 0.338 e. The Bertz CT molecular complexity index is 398. The molecule has 0 fully saturated rings. The van der Waals surface area contributed by atoms with E-state index in [-0.39, 0.29) is 10.8 Å². The van der Waals surface area contributed by atoms with Gasteiger partial charge in [-0.3, -0.25) is 0 Å². The minimum Gasteiger partial charge on any atom is -0.465 e. The second-order valence-electron chi connectivity index (χ2n) is 2.95. The zero-order chi connectivity index (χ0) is 11.3. The summed E-state index contributed by atoms with van der Waals surface area (Å²) in [4.78, 5) is 11.1. The van der Waals surface area contributed by atoms with Gasteiger partial charge in [0.1, 0.15) is 4.83 Å². The van der Waals surface area contributed by atoms with Crippen molar-refractivity contribution < 1.29 is 9.53 Å². The summed E-state index contributed by atoms with van der Waals surface area (Å²) in [5.41, 5.74) is 1.33. The van der Waals surface area contributed by atoms with E-state index in [0.717, 1.165) is 5.56 Å². The molecule has 4 heteroatoms. The highest BCUT2D eigenvalue weighted by Gasteiger charge is 2.13. The summed E-state index contributed by atoms with van der Waals surface area (Å²) in [5.74, 6) is -0.372. The number of methoxy groups -OCH3 is 1. The van der Waals surface area contributed by atoms with E-state index >= 15 is 0 Å². The number of nitriles is 1. The van der Waals surface area contributed by atoms with Gasteiger partial charge in [0, 0.05) is 0 Å². The molecule has 0 aromatic heterocycles. The molecule has 0 bridgehead atoms. The number of benzene rings is 1. The number of carbonyl (C=O) groups is 1. The Hall–Kier alpha value is -1.34. The molecule has 1 aromatic rings. The Labute approximate surface area is 96.8 Å². The van der Waals surface area contributed by atoms with Crippen molar-refractivity contribution in [2.24, 2.45) is 0 Å². The van der Waals surface area contributed by atoms with Crippen LogP contribution in [0.25, 0.3) is 0 Å². The number of rotatable bonds is 3. The maximum Gasteiger partial charge on any atom is 0.338 e. The van der Waals surface area contributed by atoms with Crippen molar-refractivity contribution in [1.29, 1.82) is 5.26 Å². The lowest BCUT2D eigenvalue weighted by atomic mass is 10.0. The average Bonchev–Trinajstić information content (AvgIpc) is 2.28. The minimum atomic E-state index is -0.372. The summed E-state index contributed by atoms with van der Waals surface area (Å²) >= 11 is 3.21. The van der Waals surface area contributed by atoms with E-state index in [2.05, 4.69) is 26.7 Å². The van der Waals surface area contributed by atoms with E-state index in [9.17, 15) is 4.79 Å². The number of hydrogen-bond acceptors (Lipinski definition) is 3. The lowest BCUT2D eigenvalue weighted by Gasteiger charge is -2.07. The first kappa shape index (κ1) is 11.7. The van der Waals surface area contributed by atoms with Crippen LogP contribution in [0.2, 0.25) is 0 Å². The largest absolute Gasteiger partial charge is 0.465 e. The van der Waals surface area contributed by atoms with Gasteiger partial charge in [-0.1, -0.05) is 34.1 Å². The molecule has 0 aliphatic rings. The van der Waals surface area contributed by atoms with Crippen LogP contribution in [-0.4, -0.2) is 17.9 Å². The van der Waals surface area contributed by atoms with Gasteiger partial charge in [-0.05, 0) is 18.1 Å². The third kappa shape index (κ3) is 3.07. The van der Waals surface area contributed by atoms with Gasteiger partial charge in [0.15, 0.2) is 0 Å². The average molecular weight is 268 g/mol. The predicted molar refractivity (Wildman–Crippen MR) is 59.8 cm³/mol. The van der Waals surface area contributed by atoms with E-state index in [0.29, 0.717) is 12.0 Å². The van der Waals surface area contributed by atoms with E-state index in [1.807, 2.05) is 12.1 Å². The highest BCUT2D eigenvalue weighted by Crippen LogP contribution is 2.15. The Balaban J connectivity index is 2.97. The second kappa shape index (κ2) is 5.52. The number of carbonyl (C=O) groups excluding carboxylic acids is 1. The SMILES string of the molecule is COC(=O)c1ccccc1C[C@@H](Br)C#N. The fraction of sp³-hybridized carbons (Fsp3) is 0.273. The van der Waals surface area contributed by atoms with Crippen molar-refractivity contribution in [2.45, 2.75) is 11.2 Å². The fourth-order valence-electron chi connectivity index (χ4n) is 1.25. The van der Waals surface area contributed by atoms with Crippen molar-refractivity contribution in [3.8, 4) is 6.07 Å². The van der Waals surface area contributed by atoms with Crippen LogP contribution >= 0.6 is 15.9 Å². The van der Waals surface area contributed by atoms with Crippen LogP contribution in [0.4, 0.5) is 0 Å². The number of esters is 1. The van der Waals surface area contributed by atoms with Crippen LogP contribution in [-0.2, 0) is 11.2 Å². The second-order valence-corrected chi connectivity index (χ2v) is 4.05. The summed E-state index contributed by atoms with van der Waals surface area (Å²) in [6.45, 7) is 0. The Morgan fingerprint density at radius 3 is 2.87 bits per heavy atom. The Morgan fingerprint density at radius 2 is 2.27 bits per heavy atom. The number of halogens is 1. The van der Waals surface area contributed by atoms with E-state index in [4.69, 9.17) is 5.26 Å². The lowest BCUT2D eigenvalue weighted by molar-refractivity contribution is 0.0599. The normalized spacial score (nSPS) is 11.5. The molecule has 0 heterocycles. The van der Waals surface area contributed by atoms with Crippen molar-refractivity contribution in [3.05, 3.63) is 35.4 Å². The topological polar surface area (TPSA) is 50.1 Å². The monoisotopic (exact) mass is 267 g/mol. The molecule has 0 radical (unpaired) electrons. The molecule has 0 amide bonds. The summed E-state index contributed by atoms with van der Waals surface area (Å²) in [7, 11) is 1.34. The van der Waals surface area contributed by atoms with E-state index < -0.39 is 0 Å². The van der Waals surface area contributed by atoms with E-state index in [1.165, 1.54) is 7.11 Å². The van der Waals surface area contributed by atoms with Gasteiger partial charge in [-0.2, -0.15) is 5.26 Å². The lowest BCUT2D eigenvalue weighted by Crippen LogP contribution is -2.08. The van der Waals surface area contributed by atoms with Crippen molar-refractivity contribution >= 4 is 21.9 Å². The molecule has 0 aliphatic carbocycles. The molecule has 0 spiro atoms. The summed E-state index contributed by atoms with van der Waals surface area (Å²) in [5, 5.41) is 8.67. The quantitative estimate of drug-likeness (QED) is 0.624. The van der Waals surface area contributed by atoms with Gasteiger partial charge >= 0.3 is 5.97 Å². The molecule has 15 heavy (non-hydrogen) atoms. The fourth-order valence-corrected chi connectivity index (χ4v) is 1.59. The standard InChI is InChI=1S/C11H10BrNO2/c1-15-11(14)10-5-3-2-4-8(10)6-9(12)7-13/h2-5,9H,6H2,1H3/t9-/m1/s1. The van der Waals surface area contributed by atoms with Gasteiger partial charge in [0.2, 0.25) is 0 Å². The molecule has 1 aromatic carbocycles. The first-order valence-electron chi connectivity index (χ1n) is 4.39. The molecule has 0 N–H and O–H groups in total. The highest BCUT2D eigenvalue weighted by molar-refractivity contribution is 9.09. The van der Waals surface area contributed by atoms with Crippen molar-refractivity contribution in [2.75, 3.05) is 7.11 Å². The van der Waals surface area contributed by atoms with Crippen LogP contribution in [0.3, 0.4) is 0 Å². The maximum atomic E-state index is 11.4.